The van der Waals surface area contributed by atoms with Crippen LogP contribution in [0.15, 0.2) is 42.7 Å². The van der Waals surface area contributed by atoms with Crippen LogP contribution in [0.4, 0.5) is 0 Å². The maximum absolute atomic E-state index is 4.31. The molecule has 2 heteroatoms. The number of rotatable bonds is 2. The minimum absolute atomic E-state index is 0.310. The van der Waals surface area contributed by atoms with E-state index in [9.17, 15) is 0 Å². The average Bonchev–Trinajstić information content (AvgIpc) is 2.65. The fraction of sp³-hybridized carbons (Fsp3) is 0.250. The summed E-state index contributed by atoms with van der Waals surface area (Å²) in [7, 11) is 0. The normalized spacial score (nSPS) is 12.7. The minimum Gasteiger partial charge on any atom is -0.265 e. The fourth-order valence-corrected chi connectivity index (χ4v) is 1.53. The van der Waals surface area contributed by atoms with E-state index in [4.69, 9.17) is 0 Å². The van der Waals surface area contributed by atoms with Crippen molar-refractivity contribution in [3.8, 4) is 0 Å². The van der Waals surface area contributed by atoms with Gasteiger partial charge >= 0.3 is 0 Å². The second-order valence-corrected chi connectivity index (χ2v) is 3.58. The first-order valence-corrected chi connectivity index (χ1v) is 4.83. The zero-order valence-electron chi connectivity index (χ0n) is 8.51. The average molecular weight is 186 g/mol. The molecule has 0 unspecified atom stereocenters. The summed E-state index contributed by atoms with van der Waals surface area (Å²) >= 11 is 0. The molecule has 0 aliphatic rings. The molecule has 0 spiro atoms. The second kappa shape index (κ2) is 3.66. The Balaban J connectivity index is 2.29. The molecule has 0 saturated heterocycles. The Morgan fingerprint density at radius 3 is 2.50 bits per heavy atom. The van der Waals surface area contributed by atoms with E-state index in [1.807, 2.05) is 16.9 Å². The zero-order chi connectivity index (χ0) is 9.97. The van der Waals surface area contributed by atoms with E-state index in [1.54, 1.807) is 0 Å². The van der Waals surface area contributed by atoms with Gasteiger partial charge in [0, 0.05) is 6.20 Å². The van der Waals surface area contributed by atoms with Gasteiger partial charge in [-0.3, -0.25) is 4.68 Å². The smallest absolute Gasteiger partial charge is 0.0740 e. The zero-order valence-corrected chi connectivity index (χ0v) is 8.51. The van der Waals surface area contributed by atoms with Crippen LogP contribution in [0.5, 0.6) is 0 Å². The van der Waals surface area contributed by atoms with E-state index in [1.165, 1.54) is 11.1 Å². The Kier molecular flexibility index (Phi) is 2.35. The third kappa shape index (κ3) is 1.69. The minimum atomic E-state index is 0.310. The van der Waals surface area contributed by atoms with Gasteiger partial charge in [0.2, 0.25) is 0 Å². The first-order valence-electron chi connectivity index (χ1n) is 4.83. The molecule has 0 N–H and O–H groups in total. The highest BCUT2D eigenvalue weighted by Gasteiger charge is 2.06. The molecule has 0 fully saturated rings. The number of benzene rings is 1. The van der Waals surface area contributed by atoms with Crippen molar-refractivity contribution in [1.29, 1.82) is 0 Å². The summed E-state index contributed by atoms with van der Waals surface area (Å²) in [5, 5.41) is 4.31. The highest BCUT2D eigenvalue weighted by Crippen LogP contribution is 2.16. The molecule has 1 aromatic carbocycles. The van der Waals surface area contributed by atoms with Gasteiger partial charge in [-0.05, 0) is 25.0 Å². The Bertz CT molecular complexity index is 403. The van der Waals surface area contributed by atoms with Gasteiger partial charge in [0.25, 0.3) is 0 Å². The van der Waals surface area contributed by atoms with Gasteiger partial charge in [-0.25, -0.2) is 0 Å². The van der Waals surface area contributed by atoms with Crippen LogP contribution >= 0.6 is 0 Å². The lowest BCUT2D eigenvalue weighted by Crippen LogP contribution is -2.06. The molecule has 2 rings (SSSR count). The summed E-state index contributed by atoms with van der Waals surface area (Å²) < 4.78 is 1.99. The monoisotopic (exact) mass is 186 g/mol. The summed E-state index contributed by atoms with van der Waals surface area (Å²) in [6.07, 6.45) is 3.96. The maximum Gasteiger partial charge on any atom is 0.0740 e. The van der Waals surface area contributed by atoms with Crippen LogP contribution in [0.25, 0.3) is 0 Å². The van der Waals surface area contributed by atoms with Crippen molar-refractivity contribution in [3.05, 3.63) is 53.9 Å². The number of hydrogen-bond acceptors (Lipinski definition) is 1. The van der Waals surface area contributed by atoms with Crippen LogP contribution < -0.4 is 0 Å². The van der Waals surface area contributed by atoms with Crippen LogP contribution in [-0.4, -0.2) is 9.78 Å². The standard InChI is InChI=1S/C12H14N2/c1-10-8-13-14(9-10)11(2)12-6-4-3-5-7-12/h3-9,11H,1-2H3/t11-/m0/s1. The van der Waals surface area contributed by atoms with Gasteiger partial charge in [-0.1, -0.05) is 30.3 Å². The van der Waals surface area contributed by atoms with Crippen LogP contribution in [-0.2, 0) is 0 Å². The van der Waals surface area contributed by atoms with Crippen molar-refractivity contribution < 1.29 is 0 Å². The van der Waals surface area contributed by atoms with Crippen molar-refractivity contribution in [2.24, 2.45) is 0 Å². The predicted octanol–water partition coefficient (Wildman–Crippen LogP) is 2.80. The van der Waals surface area contributed by atoms with E-state index < -0.39 is 0 Å². The summed E-state index contributed by atoms with van der Waals surface area (Å²) in [5.74, 6) is 0. The van der Waals surface area contributed by atoms with Gasteiger partial charge < -0.3 is 0 Å². The molecule has 2 aromatic rings. The van der Waals surface area contributed by atoms with Crippen molar-refractivity contribution in [3.63, 3.8) is 0 Å². The van der Waals surface area contributed by atoms with Crippen molar-refractivity contribution >= 4 is 0 Å². The summed E-state index contributed by atoms with van der Waals surface area (Å²) in [6.45, 7) is 4.21. The lowest BCUT2D eigenvalue weighted by molar-refractivity contribution is 0.564. The molecule has 0 amide bonds. The SMILES string of the molecule is Cc1cnn([C@@H](C)c2ccccc2)c1. The highest BCUT2D eigenvalue weighted by molar-refractivity contribution is 5.19. The molecule has 1 heterocycles. The number of hydrogen-bond donors (Lipinski definition) is 0. The van der Waals surface area contributed by atoms with Crippen LogP contribution in [0.2, 0.25) is 0 Å². The Hall–Kier alpha value is -1.57. The van der Waals surface area contributed by atoms with Gasteiger partial charge in [0.15, 0.2) is 0 Å². The van der Waals surface area contributed by atoms with Crippen molar-refractivity contribution in [2.45, 2.75) is 19.9 Å². The largest absolute Gasteiger partial charge is 0.265 e. The Morgan fingerprint density at radius 2 is 1.93 bits per heavy atom. The number of aromatic nitrogens is 2. The van der Waals surface area contributed by atoms with Gasteiger partial charge in [-0.15, -0.1) is 0 Å². The topological polar surface area (TPSA) is 17.8 Å². The Labute approximate surface area is 84.2 Å². The molecule has 0 aliphatic heterocycles. The van der Waals surface area contributed by atoms with Gasteiger partial charge in [0.05, 0.1) is 12.2 Å². The van der Waals surface area contributed by atoms with Crippen LogP contribution in [0, 0.1) is 6.92 Å². The van der Waals surface area contributed by atoms with Crippen molar-refractivity contribution in [1.82, 2.24) is 9.78 Å². The Morgan fingerprint density at radius 1 is 1.21 bits per heavy atom. The highest BCUT2D eigenvalue weighted by atomic mass is 15.3. The summed E-state index contributed by atoms with van der Waals surface area (Å²) in [4.78, 5) is 0. The summed E-state index contributed by atoms with van der Waals surface area (Å²) in [5.41, 5.74) is 2.49. The van der Waals surface area contributed by atoms with E-state index >= 15 is 0 Å². The molecule has 0 aliphatic carbocycles. The molecule has 1 aromatic heterocycles. The molecule has 0 saturated carbocycles. The van der Waals surface area contributed by atoms with E-state index in [0.717, 1.165) is 0 Å². The number of nitrogens with zero attached hydrogens (tertiary/aromatic N) is 2. The lowest BCUT2D eigenvalue weighted by Gasteiger charge is -2.11. The second-order valence-electron chi connectivity index (χ2n) is 3.58. The lowest BCUT2D eigenvalue weighted by atomic mass is 10.1. The fourth-order valence-electron chi connectivity index (χ4n) is 1.53. The quantitative estimate of drug-likeness (QED) is 0.705. The van der Waals surface area contributed by atoms with Gasteiger partial charge in [0.1, 0.15) is 0 Å². The molecule has 1 atom stereocenters. The van der Waals surface area contributed by atoms with E-state index in [-0.39, 0.29) is 0 Å². The molecule has 72 valence electrons. The van der Waals surface area contributed by atoms with E-state index in [2.05, 4.69) is 49.4 Å². The predicted molar refractivity (Wildman–Crippen MR) is 57.2 cm³/mol. The van der Waals surface area contributed by atoms with Crippen molar-refractivity contribution in [2.75, 3.05) is 0 Å². The third-order valence-electron chi connectivity index (χ3n) is 2.41. The first-order chi connectivity index (χ1) is 6.77. The molecular weight excluding hydrogens is 172 g/mol. The first kappa shape index (κ1) is 9.00. The van der Waals surface area contributed by atoms with Crippen LogP contribution in [0.1, 0.15) is 24.1 Å². The molecule has 0 bridgehead atoms. The van der Waals surface area contributed by atoms with E-state index in [0.29, 0.717) is 6.04 Å². The maximum atomic E-state index is 4.31. The molecule has 14 heavy (non-hydrogen) atoms. The number of aryl methyl sites for hydroxylation is 1. The van der Waals surface area contributed by atoms with Gasteiger partial charge in [-0.2, -0.15) is 5.10 Å². The third-order valence-corrected chi connectivity index (χ3v) is 2.41. The van der Waals surface area contributed by atoms with Crippen LogP contribution in [0.3, 0.4) is 0 Å². The summed E-state index contributed by atoms with van der Waals surface area (Å²) in [6, 6.07) is 10.7. The molecule has 2 nitrogen and oxygen atoms in total. The molecular formula is C12H14N2. The molecule has 0 radical (unpaired) electrons.